The minimum absolute atomic E-state index is 0.726. The Morgan fingerprint density at radius 3 is 2.62 bits per heavy atom. The average molecular weight is 343 g/mol. The van der Waals surface area contributed by atoms with Crippen LogP contribution >= 0.6 is 11.6 Å². The summed E-state index contributed by atoms with van der Waals surface area (Å²) in [6, 6.07) is 5.92. The van der Waals surface area contributed by atoms with Gasteiger partial charge in [0.25, 0.3) is 0 Å². The third kappa shape index (κ3) is 2.61. The van der Waals surface area contributed by atoms with Crippen LogP contribution < -0.4 is 4.90 Å². The van der Waals surface area contributed by atoms with Crippen molar-refractivity contribution in [2.45, 2.75) is 6.92 Å². The van der Waals surface area contributed by atoms with Crippen molar-refractivity contribution >= 4 is 28.5 Å². The quantitative estimate of drug-likeness (QED) is 0.716. The van der Waals surface area contributed by atoms with Crippen LogP contribution in [0, 0.1) is 6.92 Å². The van der Waals surface area contributed by atoms with Gasteiger partial charge in [-0.1, -0.05) is 17.7 Å². The van der Waals surface area contributed by atoms with Crippen LogP contribution in [0.1, 0.15) is 5.56 Å². The predicted octanol–water partition coefficient (Wildman–Crippen LogP) is 2.53. The Labute approximate surface area is 145 Å². The van der Waals surface area contributed by atoms with Gasteiger partial charge in [-0.05, 0) is 31.7 Å². The fourth-order valence-corrected chi connectivity index (χ4v) is 3.18. The maximum atomic E-state index is 6.26. The number of aromatic nitrogens is 4. The van der Waals surface area contributed by atoms with E-state index in [1.807, 2.05) is 36.0 Å². The first-order valence-corrected chi connectivity index (χ1v) is 8.40. The zero-order chi connectivity index (χ0) is 16.7. The molecule has 6 nitrogen and oxygen atoms in total. The summed E-state index contributed by atoms with van der Waals surface area (Å²) in [4.78, 5) is 13.6. The maximum absolute atomic E-state index is 6.26. The summed E-state index contributed by atoms with van der Waals surface area (Å²) in [7, 11) is 2.14. The van der Waals surface area contributed by atoms with Crippen molar-refractivity contribution in [1.29, 1.82) is 0 Å². The monoisotopic (exact) mass is 342 g/mol. The number of rotatable bonds is 2. The Morgan fingerprint density at radius 2 is 1.88 bits per heavy atom. The summed E-state index contributed by atoms with van der Waals surface area (Å²) in [5.41, 5.74) is 2.76. The number of piperazine rings is 1. The maximum Gasteiger partial charge on any atom is 0.168 e. The number of fused-ring (bicyclic) bond motifs is 1. The van der Waals surface area contributed by atoms with Gasteiger partial charge in [-0.25, -0.2) is 14.6 Å². The summed E-state index contributed by atoms with van der Waals surface area (Å²) in [5.74, 6) is 0.956. The zero-order valence-electron chi connectivity index (χ0n) is 13.8. The number of aryl methyl sites for hydroxylation is 1. The molecular weight excluding hydrogens is 324 g/mol. The molecule has 0 aliphatic carbocycles. The summed E-state index contributed by atoms with van der Waals surface area (Å²) in [6.07, 6.45) is 3.46. The average Bonchev–Trinajstić information content (AvgIpc) is 3.02. The Hall–Kier alpha value is -2.18. The number of anilines is 1. The minimum Gasteiger partial charge on any atom is -0.353 e. The molecule has 0 radical (unpaired) electrons. The smallest absolute Gasteiger partial charge is 0.168 e. The molecule has 4 rings (SSSR count). The second-order valence-electron chi connectivity index (χ2n) is 6.21. The van der Waals surface area contributed by atoms with E-state index in [0.717, 1.165) is 59.3 Å². The summed E-state index contributed by atoms with van der Waals surface area (Å²) in [5, 5.41) is 6.22. The van der Waals surface area contributed by atoms with Gasteiger partial charge in [0.2, 0.25) is 0 Å². The van der Waals surface area contributed by atoms with Crippen LogP contribution in [0.3, 0.4) is 0 Å². The molecule has 0 N–H and O–H groups in total. The molecule has 0 unspecified atom stereocenters. The van der Waals surface area contributed by atoms with Gasteiger partial charge < -0.3 is 9.80 Å². The number of hydrogen-bond acceptors (Lipinski definition) is 5. The lowest BCUT2D eigenvalue weighted by molar-refractivity contribution is 0.312. The molecular formula is C17H19ClN6. The van der Waals surface area contributed by atoms with Crippen LogP contribution in [0.25, 0.3) is 16.7 Å². The highest BCUT2D eigenvalue weighted by molar-refractivity contribution is 6.31. The van der Waals surface area contributed by atoms with Gasteiger partial charge in [-0.3, -0.25) is 0 Å². The van der Waals surface area contributed by atoms with Crippen LogP contribution in [0.5, 0.6) is 0 Å². The fraction of sp³-hybridized carbons (Fsp3) is 0.353. The van der Waals surface area contributed by atoms with Crippen molar-refractivity contribution in [2.75, 3.05) is 38.1 Å². The van der Waals surface area contributed by atoms with E-state index in [2.05, 4.69) is 31.9 Å². The van der Waals surface area contributed by atoms with Crippen LogP contribution in [0.2, 0.25) is 5.02 Å². The van der Waals surface area contributed by atoms with E-state index in [1.54, 1.807) is 6.33 Å². The molecule has 0 bridgehead atoms. The minimum atomic E-state index is 0.726. The van der Waals surface area contributed by atoms with E-state index in [9.17, 15) is 0 Å². The topological polar surface area (TPSA) is 50.1 Å². The zero-order valence-corrected chi connectivity index (χ0v) is 14.5. The van der Waals surface area contributed by atoms with E-state index < -0.39 is 0 Å². The van der Waals surface area contributed by atoms with Crippen LogP contribution in [-0.2, 0) is 0 Å². The largest absolute Gasteiger partial charge is 0.353 e. The van der Waals surface area contributed by atoms with Crippen molar-refractivity contribution in [1.82, 2.24) is 24.6 Å². The Kier molecular flexibility index (Phi) is 3.86. The Balaban J connectivity index is 1.77. The first-order valence-electron chi connectivity index (χ1n) is 8.02. The van der Waals surface area contributed by atoms with Crippen LogP contribution in [0.4, 0.5) is 5.82 Å². The van der Waals surface area contributed by atoms with Gasteiger partial charge in [0, 0.05) is 31.2 Å². The third-order valence-corrected chi connectivity index (χ3v) is 4.95. The molecule has 0 amide bonds. The summed E-state index contributed by atoms with van der Waals surface area (Å²) >= 11 is 6.26. The van der Waals surface area contributed by atoms with Crippen molar-refractivity contribution in [3.63, 3.8) is 0 Å². The van der Waals surface area contributed by atoms with Gasteiger partial charge in [0.15, 0.2) is 5.65 Å². The molecule has 1 aliphatic heterocycles. The predicted molar refractivity (Wildman–Crippen MR) is 96.1 cm³/mol. The molecule has 0 saturated carbocycles. The number of hydrogen-bond donors (Lipinski definition) is 0. The van der Waals surface area contributed by atoms with E-state index in [1.165, 1.54) is 0 Å². The van der Waals surface area contributed by atoms with E-state index in [0.29, 0.717) is 0 Å². The third-order valence-electron chi connectivity index (χ3n) is 4.55. The fourth-order valence-electron chi connectivity index (χ4n) is 3.00. The lowest BCUT2D eigenvalue weighted by Crippen LogP contribution is -2.44. The van der Waals surface area contributed by atoms with Crippen molar-refractivity contribution < 1.29 is 0 Å². The molecule has 124 valence electrons. The normalized spacial score (nSPS) is 16.0. The summed E-state index contributed by atoms with van der Waals surface area (Å²) < 4.78 is 1.82. The lowest BCUT2D eigenvalue weighted by atomic mass is 10.2. The van der Waals surface area contributed by atoms with E-state index >= 15 is 0 Å². The molecule has 24 heavy (non-hydrogen) atoms. The lowest BCUT2D eigenvalue weighted by Gasteiger charge is -2.33. The summed E-state index contributed by atoms with van der Waals surface area (Å²) in [6.45, 7) is 5.98. The first kappa shape index (κ1) is 15.4. The molecule has 7 heteroatoms. The van der Waals surface area contributed by atoms with Gasteiger partial charge in [0.05, 0.1) is 17.3 Å². The molecule has 1 aliphatic rings. The number of halogens is 1. The molecule has 1 aromatic carbocycles. The van der Waals surface area contributed by atoms with Crippen LogP contribution in [-0.4, -0.2) is 57.9 Å². The highest BCUT2D eigenvalue weighted by Gasteiger charge is 2.20. The van der Waals surface area contributed by atoms with E-state index in [-0.39, 0.29) is 0 Å². The van der Waals surface area contributed by atoms with Gasteiger partial charge in [0.1, 0.15) is 12.1 Å². The Bertz CT molecular complexity index is 882. The van der Waals surface area contributed by atoms with Crippen molar-refractivity contribution in [2.24, 2.45) is 0 Å². The first-order chi connectivity index (χ1) is 11.6. The van der Waals surface area contributed by atoms with Gasteiger partial charge >= 0.3 is 0 Å². The molecule has 3 aromatic rings. The second kappa shape index (κ2) is 6.03. The Morgan fingerprint density at radius 1 is 1.08 bits per heavy atom. The van der Waals surface area contributed by atoms with Crippen molar-refractivity contribution in [3.8, 4) is 5.69 Å². The molecule has 0 spiro atoms. The number of likely N-dealkylation sites (N-methyl/N-ethyl adjacent to an activating group) is 1. The SMILES string of the molecule is Cc1ccc(-n2ncc3c(N4CCN(C)CC4)ncnc32)cc1Cl. The number of benzene rings is 1. The number of nitrogens with zero attached hydrogens (tertiary/aromatic N) is 6. The highest BCUT2D eigenvalue weighted by Crippen LogP contribution is 2.26. The van der Waals surface area contributed by atoms with E-state index in [4.69, 9.17) is 11.6 Å². The van der Waals surface area contributed by atoms with Crippen molar-refractivity contribution in [3.05, 3.63) is 41.3 Å². The molecule has 3 heterocycles. The highest BCUT2D eigenvalue weighted by atomic mass is 35.5. The van der Waals surface area contributed by atoms with Crippen LogP contribution in [0.15, 0.2) is 30.7 Å². The standard InChI is InChI=1S/C17H19ClN6/c1-12-3-4-13(9-15(12)18)24-17-14(10-21-24)16(19-11-20-17)23-7-5-22(2)6-8-23/h3-4,9-11H,5-8H2,1-2H3. The van der Waals surface area contributed by atoms with Gasteiger partial charge in [-0.2, -0.15) is 5.10 Å². The molecule has 2 aromatic heterocycles. The van der Waals surface area contributed by atoms with Gasteiger partial charge in [-0.15, -0.1) is 0 Å². The second-order valence-corrected chi connectivity index (χ2v) is 6.62. The molecule has 0 atom stereocenters. The molecule has 1 saturated heterocycles. The molecule has 1 fully saturated rings.